The maximum Gasteiger partial charge on any atom is 0.0440 e. The lowest BCUT2D eigenvalue weighted by molar-refractivity contribution is 0.667. The molecule has 0 spiro atoms. The Labute approximate surface area is 350 Å². The van der Waals surface area contributed by atoms with E-state index in [1.165, 1.54) is 128 Å². The van der Waals surface area contributed by atoms with Crippen LogP contribution < -0.4 is 0 Å². The summed E-state index contributed by atoms with van der Waals surface area (Å²) in [6.07, 6.45) is 0. The van der Waals surface area contributed by atoms with Crippen LogP contribution in [0.25, 0.3) is 117 Å². The number of rotatable bonds is 3. The standard InChI is InChI=1S/C57H36S2/c1-57(2)47-26-13-12-19-37(47)42-28-30-49-53(54(42)57)46-31-34-17-6-7-18-36(34)52(56(46)59-49)44-25-14-24-43-45-32-35(27-29-48(45)58-55(43)44)51-40-22-10-8-20-38(40)50(33-15-4-3-5-16-33)39-21-9-11-23-41(39)51/h3-32H,1-2H3. The first kappa shape index (κ1) is 33.4. The summed E-state index contributed by atoms with van der Waals surface area (Å²) in [5.41, 5.74) is 13.3. The molecule has 0 amide bonds. The summed E-state index contributed by atoms with van der Waals surface area (Å²) in [7, 11) is 0. The third-order valence-corrected chi connectivity index (χ3v) is 15.6. The molecule has 10 aromatic carbocycles. The zero-order valence-electron chi connectivity index (χ0n) is 32.6. The monoisotopic (exact) mass is 784 g/mol. The number of hydrogen-bond acceptors (Lipinski definition) is 2. The summed E-state index contributed by atoms with van der Waals surface area (Å²) in [4.78, 5) is 0. The molecule has 2 aromatic heterocycles. The molecule has 276 valence electrons. The topological polar surface area (TPSA) is 0 Å². The second kappa shape index (κ2) is 12.2. The molecular formula is C57H36S2. The molecule has 2 heteroatoms. The Balaban J connectivity index is 1.07. The van der Waals surface area contributed by atoms with Gasteiger partial charge in [0.25, 0.3) is 0 Å². The minimum atomic E-state index is -0.0903. The van der Waals surface area contributed by atoms with E-state index in [0.29, 0.717) is 0 Å². The van der Waals surface area contributed by atoms with Crippen LogP contribution in [0.1, 0.15) is 25.0 Å². The summed E-state index contributed by atoms with van der Waals surface area (Å²) in [5, 5.41) is 13.2. The molecule has 59 heavy (non-hydrogen) atoms. The molecule has 1 aliphatic rings. The van der Waals surface area contributed by atoms with E-state index in [0.717, 1.165) is 0 Å². The maximum absolute atomic E-state index is 2.47. The summed E-state index contributed by atoms with van der Waals surface area (Å²) in [6.45, 7) is 4.83. The lowest BCUT2D eigenvalue weighted by Crippen LogP contribution is -2.15. The SMILES string of the molecule is CC1(C)c2ccccc2-c2ccc3sc4c(-c5cccc6c5sc5ccc(-c7c8ccccc8c(-c8ccccc8)c8ccccc78)cc56)c5ccccc5cc4c3c21. The van der Waals surface area contributed by atoms with Crippen molar-refractivity contribution in [3.8, 4) is 44.5 Å². The molecule has 0 unspecified atom stereocenters. The van der Waals surface area contributed by atoms with E-state index in [4.69, 9.17) is 0 Å². The largest absolute Gasteiger partial charge is 0.135 e. The molecule has 0 atom stereocenters. The van der Waals surface area contributed by atoms with E-state index < -0.39 is 0 Å². The minimum absolute atomic E-state index is 0.0903. The highest BCUT2D eigenvalue weighted by molar-refractivity contribution is 7.27. The van der Waals surface area contributed by atoms with Gasteiger partial charge < -0.3 is 0 Å². The fourth-order valence-electron chi connectivity index (χ4n) is 10.7. The van der Waals surface area contributed by atoms with Gasteiger partial charge in [-0.15, -0.1) is 22.7 Å². The molecule has 0 aliphatic heterocycles. The summed E-state index contributed by atoms with van der Waals surface area (Å²) in [5.74, 6) is 0. The van der Waals surface area contributed by atoms with E-state index >= 15 is 0 Å². The fraction of sp³-hybridized carbons (Fsp3) is 0.0526. The van der Waals surface area contributed by atoms with Gasteiger partial charge in [-0.25, -0.2) is 0 Å². The second-order valence-electron chi connectivity index (χ2n) is 16.7. The van der Waals surface area contributed by atoms with Gasteiger partial charge in [0, 0.05) is 56.9 Å². The molecular weight excluding hydrogens is 749 g/mol. The van der Waals surface area contributed by atoms with Crippen LogP contribution in [0.2, 0.25) is 0 Å². The Hall–Kier alpha value is -6.58. The van der Waals surface area contributed by atoms with Crippen molar-refractivity contribution in [2.45, 2.75) is 19.3 Å². The summed E-state index contributed by atoms with van der Waals surface area (Å²) in [6, 6.07) is 68.3. The molecule has 0 nitrogen and oxygen atoms in total. The van der Waals surface area contributed by atoms with Crippen LogP contribution in [-0.4, -0.2) is 0 Å². The highest BCUT2D eigenvalue weighted by Gasteiger charge is 2.37. The average molecular weight is 785 g/mol. The van der Waals surface area contributed by atoms with Gasteiger partial charge in [0.2, 0.25) is 0 Å². The zero-order chi connectivity index (χ0) is 39.0. The van der Waals surface area contributed by atoms with Crippen molar-refractivity contribution in [1.82, 2.24) is 0 Å². The molecule has 0 bridgehead atoms. The lowest BCUT2D eigenvalue weighted by Gasteiger charge is -2.22. The third-order valence-electron chi connectivity index (χ3n) is 13.2. The molecule has 1 aliphatic carbocycles. The van der Waals surface area contributed by atoms with E-state index in [9.17, 15) is 0 Å². The van der Waals surface area contributed by atoms with E-state index in [2.05, 4.69) is 196 Å². The van der Waals surface area contributed by atoms with Crippen LogP contribution in [0.3, 0.4) is 0 Å². The van der Waals surface area contributed by atoms with Gasteiger partial charge in [0.1, 0.15) is 0 Å². The quantitative estimate of drug-likeness (QED) is 0.157. The molecule has 12 aromatic rings. The Morgan fingerprint density at radius 1 is 0.356 bits per heavy atom. The summed E-state index contributed by atoms with van der Waals surface area (Å²) >= 11 is 3.90. The van der Waals surface area contributed by atoms with Crippen molar-refractivity contribution in [2.24, 2.45) is 0 Å². The first-order chi connectivity index (χ1) is 29.0. The number of thiophene rings is 2. The highest BCUT2D eigenvalue weighted by atomic mass is 32.1. The van der Waals surface area contributed by atoms with E-state index in [-0.39, 0.29) is 5.41 Å². The molecule has 0 saturated carbocycles. The summed E-state index contributed by atoms with van der Waals surface area (Å²) < 4.78 is 5.40. The Morgan fingerprint density at radius 3 is 1.71 bits per heavy atom. The van der Waals surface area contributed by atoms with Crippen LogP contribution in [-0.2, 0) is 5.41 Å². The van der Waals surface area contributed by atoms with Gasteiger partial charge in [-0.2, -0.15) is 0 Å². The third kappa shape index (κ3) is 4.59. The van der Waals surface area contributed by atoms with Crippen molar-refractivity contribution < 1.29 is 0 Å². The molecule has 0 saturated heterocycles. The van der Waals surface area contributed by atoms with Crippen LogP contribution >= 0.6 is 22.7 Å². The number of fused-ring (bicyclic) bond motifs is 13. The number of hydrogen-bond donors (Lipinski definition) is 0. The van der Waals surface area contributed by atoms with Crippen LogP contribution in [0.5, 0.6) is 0 Å². The minimum Gasteiger partial charge on any atom is -0.135 e. The van der Waals surface area contributed by atoms with Gasteiger partial charge in [0.05, 0.1) is 0 Å². The van der Waals surface area contributed by atoms with Gasteiger partial charge in [-0.1, -0.05) is 172 Å². The Morgan fingerprint density at radius 2 is 0.949 bits per heavy atom. The smallest absolute Gasteiger partial charge is 0.0440 e. The van der Waals surface area contributed by atoms with Crippen molar-refractivity contribution in [3.05, 3.63) is 193 Å². The van der Waals surface area contributed by atoms with Crippen molar-refractivity contribution >= 4 is 95.3 Å². The molecule has 13 rings (SSSR count). The van der Waals surface area contributed by atoms with Crippen LogP contribution in [0.15, 0.2) is 182 Å². The molecule has 0 N–H and O–H groups in total. The Bertz CT molecular complexity index is 3690. The van der Waals surface area contributed by atoms with Gasteiger partial charge >= 0.3 is 0 Å². The van der Waals surface area contributed by atoms with Gasteiger partial charge in [-0.05, 0) is 101 Å². The average Bonchev–Trinajstić information content (AvgIpc) is 3.92. The predicted molar refractivity (Wildman–Crippen MR) is 259 cm³/mol. The normalized spacial score (nSPS) is 13.4. The molecule has 0 fully saturated rings. The van der Waals surface area contributed by atoms with Crippen molar-refractivity contribution in [3.63, 3.8) is 0 Å². The highest BCUT2D eigenvalue weighted by Crippen LogP contribution is 2.56. The second-order valence-corrected chi connectivity index (χ2v) is 18.8. The fourth-order valence-corrected chi connectivity index (χ4v) is 13.2. The van der Waals surface area contributed by atoms with Crippen LogP contribution in [0.4, 0.5) is 0 Å². The first-order valence-electron chi connectivity index (χ1n) is 20.5. The lowest BCUT2D eigenvalue weighted by atomic mass is 9.80. The molecule has 2 heterocycles. The predicted octanol–water partition coefficient (Wildman–Crippen LogP) is 17.2. The zero-order valence-corrected chi connectivity index (χ0v) is 34.3. The van der Waals surface area contributed by atoms with Crippen molar-refractivity contribution in [2.75, 3.05) is 0 Å². The Kier molecular flexibility index (Phi) is 6.92. The van der Waals surface area contributed by atoms with Gasteiger partial charge in [-0.3, -0.25) is 0 Å². The maximum atomic E-state index is 2.47. The van der Waals surface area contributed by atoms with E-state index in [1.807, 2.05) is 22.7 Å². The van der Waals surface area contributed by atoms with Gasteiger partial charge in [0.15, 0.2) is 0 Å². The van der Waals surface area contributed by atoms with Crippen molar-refractivity contribution in [1.29, 1.82) is 0 Å². The first-order valence-corrected chi connectivity index (χ1v) is 22.1. The molecule has 0 radical (unpaired) electrons. The van der Waals surface area contributed by atoms with E-state index in [1.54, 1.807) is 0 Å². The number of benzene rings is 10. The van der Waals surface area contributed by atoms with Crippen LogP contribution in [0, 0.1) is 0 Å².